The highest BCUT2D eigenvalue weighted by Crippen LogP contribution is 2.33. The van der Waals surface area contributed by atoms with E-state index in [0.717, 1.165) is 12.8 Å². The third-order valence-electron chi connectivity index (χ3n) is 5.88. The molecule has 0 aliphatic carbocycles. The smallest absolute Gasteiger partial charge is 0.0401 e. The molecule has 0 heterocycles. The molecule has 0 aliphatic heterocycles. The third-order valence-corrected chi connectivity index (χ3v) is 5.88. The topological polar surface area (TPSA) is 6.48 Å². The van der Waals surface area contributed by atoms with Crippen molar-refractivity contribution in [3.63, 3.8) is 0 Å². The first-order chi connectivity index (χ1) is 13.8. The molecule has 0 saturated carbocycles. The van der Waals surface area contributed by atoms with Crippen molar-refractivity contribution in [2.45, 2.75) is 78.1 Å². The van der Waals surface area contributed by atoms with Crippen molar-refractivity contribution in [2.75, 3.05) is 38.0 Å². The van der Waals surface area contributed by atoms with Crippen LogP contribution >= 0.6 is 0 Å². The minimum atomic E-state index is 0.168. The van der Waals surface area contributed by atoms with Crippen LogP contribution in [0.4, 0.5) is 11.4 Å². The van der Waals surface area contributed by atoms with Crippen LogP contribution in [0.3, 0.4) is 0 Å². The minimum Gasteiger partial charge on any atom is -0.377 e. The van der Waals surface area contributed by atoms with Crippen molar-refractivity contribution in [2.24, 2.45) is 0 Å². The molecule has 0 N–H and O–H groups in total. The summed E-state index contributed by atoms with van der Waals surface area (Å²) in [6, 6.07) is 14.1. The van der Waals surface area contributed by atoms with Gasteiger partial charge in [0, 0.05) is 39.6 Å². The van der Waals surface area contributed by atoms with E-state index in [0.29, 0.717) is 0 Å². The van der Waals surface area contributed by atoms with Gasteiger partial charge in [-0.2, -0.15) is 0 Å². The van der Waals surface area contributed by atoms with Crippen molar-refractivity contribution >= 4 is 11.4 Å². The largest absolute Gasteiger partial charge is 0.377 e. The van der Waals surface area contributed by atoms with E-state index in [9.17, 15) is 0 Å². The monoisotopic (exact) mass is 408 g/mol. The van der Waals surface area contributed by atoms with Gasteiger partial charge in [0.1, 0.15) is 0 Å². The van der Waals surface area contributed by atoms with E-state index in [1.807, 2.05) is 0 Å². The van der Waals surface area contributed by atoms with Crippen LogP contribution < -0.4 is 9.80 Å². The molecule has 0 saturated heterocycles. The zero-order chi connectivity index (χ0) is 22.7. The Hall–Kier alpha value is -1.96. The second-order valence-corrected chi connectivity index (χ2v) is 11.2. The number of hydrogen-bond donors (Lipinski definition) is 0. The summed E-state index contributed by atoms with van der Waals surface area (Å²) in [5, 5.41) is 0. The number of benzene rings is 2. The fraction of sp³-hybridized carbons (Fsp3) is 0.571. The first kappa shape index (κ1) is 24.3. The van der Waals surface area contributed by atoms with Gasteiger partial charge in [0.25, 0.3) is 0 Å². The van der Waals surface area contributed by atoms with E-state index in [2.05, 4.69) is 116 Å². The van der Waals surface area contributed by atoms with Crippen LogP contribution in [0.15, 0.2) is 36.4 Å². The van der Waals surface area contributed by atoms with Gasteiger partial charge in [-0.1, -0.05) is 65.8 Å². The number of hydrogen-bond acceptors (Lipinski definition) is 2. The second-order valence-electron chi connectivity index (χ2n) is 11.2. The molecule has 0 bridgehead atoms. The summed E-state index contributed by atoms with van der Waals surface area (Å²) in [4.78, 5) is 4.51. The summed E-state index contributed by atoms with van der Waals surface area (Å²) in [5.74, 6) is 0. The van der Waals surface area contributed by atoms with Crippen molar-refractivity contribution in [1.82, 2.24) is 0 Å². The maximum atomic E-state index is 2.39. The van der Waals surface area contributed by atoms with Crippen LogP contribution in [0.25, 0.3) is 0 Å². The van der Waals surface area contributed by atoms with Crippen LogP contribution in [-0.2, 0) is 23.7 Å². The first-order valence-corrected chi connectivity index (χ1v) is 11.4. The Morgan fingerprint density at radius 1 is 0.567 bits per heavy atom. The summed E-state index contributed by atoms with van der Waals surface area (Å²) in [7, 11) is 8.60. The lowest BCUT2D eigenvalue weighted by molar-refractivity contribution is 0.588. The summed E-state index contributed by atoms with van der Waals surface area (Å²) >= 11 is 0. The van der Waals surface area contributed by atoms with Crippen LogP contribution in [0.1, 0.15) is 76.6 Å². The summed E-state index contributed by atoms with van der Waals surface area (Å²) in [5.41, 5.74) is 8.79. The molecule has 2 aromatic carbocycles. The maximum absolute atomic E-state index is 2.39. The van der Waals surface area contributed by atoms with Crippen molar-refractivity contribution < 1.29 is 0 Å². The Kier molecular flexibility index (Phi) is 7.66. The van der Waals surface area contributed by atoms with Crippen molar-refractivity contribution in [1.29, 1.82) is 0 Å². The van der Waals surface area contributed by atoms with Gasteiger partial charge in [-0.15, -0.1) is 0 Å². The Labute approximate surface area is 186 Å². The number of nitrogens with zero attached hydrogens (tertiary/aromatic N) is 2. The van der Waals surface area contributed by atoms with E-state index < -0.39 is 0 Å². The fourth-order valence-electron chi connectivity index (χ4n) is 4.13. The molecule has 166 valence electrons. The van der Waals surface area contributed by atoms with Crippen LogP contribution in [0.5, 0.6) is 0 Å². The molecule has 0 aliphatic rings. The molecule has 0 fully saturated rings. The number of anilines is 2. The molecule has 0 atom stereocenters. The minimum absolute atomic E-state index is 0.168. The van der Waals surface area contributed by atoms with E-state index >= 15 is 0 Å². The molecular weight excluding hydrogens is 364 g/mol. The van der Waals surface area contributed by atoms with Crippen molar-refractivity contribution in [3.05, 3.63) is 58.7 Å². The van der Waals surface area contributed by atoms with Gasteiger partial charge < -0.3 is 9.80 Å². The van der Waals surface area contributed by atoms with Gasteiger partial charge in [0.15, 0.2) is 0 Å². The summed E-state index contributed by atoms with van der Waals surface area (Å²) < 4.78 is 0. The zero-order valence-corrected chi connectivity index (χ0v) is 21.2. The molecular formula is C28H44N2. The van der Waals surface area contributed by atoms with Crippen LogP contribution in [0, 0.1) is 0 Å². The molecule has 0 aromatic heterocycles. The van der Waals surface area contributed by atoms with Gasteiger partial charge in [0.05, 0.1) is 0 Å². The first-order valence-electron chi connectivity index (χ1n) is 11.4. The van der Waals surface area contributed by atoms with Gasteiger partial charge in [-0.05, 0) is 70.9 Å². The van der Waals surface area contributed by atoms with Gasteiger partial charge in [-0.3, -0.25) is 0 Å². The standard InChI is InChI=1S/C28H44N2/c1-27(2,3)23-17-15-21(19-25(23)29(7)8)13-11-12-14-22-16-18-24(28(4,5)6)26(20-22)30(9)10/h15-20H,11-14H2,1-10H3. The summed E-state index contributed by atoms with van der Waals surface area (Å²) in [6.45, 7) is 13.8. The second kappa shape index (κ2) is 9.45. The molecule has 2 nitrogen and oxygen atoms in total. The van der Waals surface area contributed by atoms with E-state index in [-0.39, 0.29) is 10.8 Å². The number of aryl methyl sites for hydroxylation is 2. The van der Waals surface area contributed by atoms with E-state index in [1.54, 1.807) is 0 Å². The Balaban J connectivity index is 2.03. The Bertz CT molecular complexity index is 761. The maximum Gasteiger partial charge on any atom is 0.0401 e. The number of rotatable bonds is 7. The normalized spacial score (nSPS) is 12.2. The average Bonchev–Trinajstić information content (AvgIpc) is 2.63. The Morgan fingerprint density at radius 2 is 0.900 bits per heavy atom. The molecule has 2 heteroatoms. The van der Waals surface area contributed by atoms with E-state index in [4.69, 9.17) is 0 Å². The van der Waals surface area contributed by atoms with E-state index in [1.165, 1.54) is 46.5 Å². The van der Waals surface area contributed by atoms with Gasteiger partial charge in [0.2, 0.25) is 0 Å². The molecule has 0 spiro atoms. The lowest BCUT2D eigenvalue weighted by atomic mass is 9.84. The van der Waals surface area contributed by atoms with Gasteiger partial charge >= 0.3 is 0 Å². The highest BCUT2D eigenvalue weighted by molar-refractivity contribution is 5.58. The quantitative estimate of drug-likeness (QED) is 0.456. The highest BCUT2D eigenvalue weighted by Gasteiger charge is 2.20. The number of unbranched alkanes of at least 4 members (excludes halogenated alkanes) is 1. The third kappa shape index (κ3) is 6.27. The van der Waals surface area contributed by atoms with Crippen molar-refractivity contribution in [3.8, 4) is 0 Å². The van der Waals surface area contributed by atoms with Crippen LogP contribution in [-0.4, -0.2) is 28.2 Å². The molecule has 2 rings (SSSR count). The predicted molar refractivity (Wildman–Crippen MR) is 136 cm³/mol. The average molecular weight is 409 g/mol. The van der Waals surface area contributed by atoms with Crippen LogP contribution in [0.2, 0.25) is 0 Å². The molecule has 0 amide bonds. The lowest BCUT2D eigenvalue weighted by Gasteiger charge is -2.27. The van der Waals surface area contributed by atoms with Gasteiger partial charge in [-0.25, -0.2) is 0 Å². The molecule has 30 heavy (non-hydrogen) atoms. The fourth-order valence-corrected chi connectivity index (χ4v) is 4.13. The zero-order valence-electron chi connectivity index (χ0n) is 21.2. The Morgan fingerprint density at radius 3 is 1.17 bits per heavy atom. The summed E-state index contributed by atoms with van der Waals surface area (Å²) in [6.07, 6.45) is 4.73. The SMILES string of the molecule is CN(C)c1cc(CCCCc2ccc(C(C)(C)C)c(N(C)C)c2)ccc1C(C)(C)C. The highest BCUT2D eigenvalue weighted by atomic mass is 15.1. The molecule has 0 unspecified atom stereocenters. The lowest BCUT2D eigenvalue weighted by Crippen LogP contribution is -2.19. The predicted octanol–water partition coefficient (Wildman–Crippen LogP) is 6.98. The molecule has 0 radical (unpaired) electrons. The molecule has 2 aromatic rings.